The fraction of sp³-hybridized carbons (Fsp3) is 0.421. The summed E-state index contributed by atoms with van der Waals surface area (Å²) in [6.45, 7) is 2.83. The number of carbonyl (C=O) groups excluding carboxylic acids is 1. The molecule has 1 saturated heterocycles. The van der Waals surface area contributed by atoms with E-state index in [1.807, 2.05) is 30.0 Å². The zero-order chi connectivity index (χ0) is 17.8. The van der Waals surface area contributed by atoms with E-state index in [-0.39, 0.29) is 24.5 Å². The maximum Gasteiger partial charge on any atom is 0.254 e. The van der Waals surface area contributed by atoms with Crippen molar-refractivity contribution in [2.75, 3.05) is 17.6 Å². The zero-order valence-corrected chi connectivity index (χ0v) is 16.4. The van der Waals surface area contributed by atoms with Crippen LogP contribution < -0.4 is 0 Å². The first-order chi connectivity index (χ1) is 12.2. The number of aliphatic hydroxyl groups is 1. The van der Waals surface area contributed by atoms with Gasteiger partial charge in [-0.1, -0.05) is 40.3 Å². The fourth-order valence-corrected chi connectivity index (χ4v) is 4.63. The predicted molar refractivity (Wildman–Crippen MR) is 106 cm³/mol. The van der Waals surface area contributed by atoms with Crippen molar-refractivity contribution in [3.8, 4) is 11.4 Å². The van der Waals surface area contributed by atoms with Crippen LogP contribution in [0.5, 0.6) is 0 Å². The molecule has 2 unspecified atom stereocenters. The average molecular weight is 451 g/mol. The number of nitrogens with zero attached hydrogens (tertiary/aromatic N) is 3. The second-order valence-electron chi connectivity index (χ2n) is 6.43. The molecule has 132 valence electrons. The minimum Gasteiger partial charge on any atom is -0.396 e. The lowest BCUT2D eigenvalue weighted by Crippen LogP contribution is -2.50. The van der Waals surface area contributed by atoms with Gasteiger partial charge in [-0.3, -0.25) is 4.79 Å². The van der Waals surface area contributed by atoms with Crippen molar-refractivity contribution in [3.05, 3.63) is 47.8 Å². The van der Waals surface area contributed by atoms with Gasteiger partial charge in [0.25, 0.3) is 5.91 Å². The number of halogens is 1. The van der Waals surface area contributed by atoms with E-state index >= 15 is 0 Å². The average Bonchev–Trinajstić information content (AvgIpc) is 2.67. The molecule has 3 rings (SSSR count). The van der Waals surface area contributed by atoms with Gasteiger partial charge in [-0.2, -0.15) is 0 Å². The SMILES string of the molecule is Cc1ccc(-c2ncccn2)c(C(=O)N2CCCC(CO)C2CI)c1. The van der Waals surface area contributed by atoms with Crippen molar-refractivity contribution in [3.63, 3.8) is 0 Å². The molecule has 1 aliphatic heterocycles. The number of aryl methyl sites for hydroxylation is 1. The van der Waals surface area contributed by atoms with Gasteiger partial charge in [0.1, 0.15) is 0 Å². The van der Waals surface area contributed by atoms with Crippen LogP contribution in [0.2, 0.25) is 0 Å². The Hall–Kier alpha value is -1.54. The second kappa shape index (κ2) is 8.23. The molecule has 1 amide bonds. The summed E-state index contributed by atoms with van der Waals surface area (Å²) in [5.41, 5.74) is 2.43. The highest BCUT2D eigenvalue weighted by Crippen LogP contribution is 2.29. The van der Waals surface area contributed by atoms with E-state index in [0.29, 0.717) is 11.4 Å². The molecule has 2 atom stereocenters. The monoisotopic (exact) mass is 451 g/mol. The van der Waals surface area contributed by atoms with Crippen molar-refractivity contribution in [2.45, 2.75) is 25.8 Å². The summed E-state index contributed by atoms with van der Waals surface area (Å²) in [7, 11) is 0. The van der Waals surface area contributed by atoms with Gasteiger partial charge in [0.05, 0.1) is 5.56 Å². The number of hydrogen-bond acceptors (Lipinski definition) is 4. The van der Waals surface area contributed by atoms with E-state index in [1.54, 1.807) is 18.5 Å². The van der Waals surface area contributed by atoms with Crippen molar-refractivity contribution in [2.24, 2.45) is 5.92 Å². The summed E-state index contributed by atoms with van der Waals surface area (Å²) in [6, 6.07) is 7.65. The van der Waals surface area contributed by atoms with Crippen molar-refractivity contribution in [1.82, 2.24) is 14.9 Å². The number of rotatable bonds is 4. The van der Waals surface area contributed by atoms with E-state index in [0.717, 1.165) is 34.9 Å². The highest BCUT2D eigenvalue weighted by atomic mass is 127. The third-order valence-electron chi connectivity index (χ3n) is 4.78. The second-order valence-corrected chi connectivity index (χ2v) is 7.31. The van der Waals surface area contributed by atoms with E-state index in [4.69, 9.17) is 0 Å². The third kappa shape index (κ3) is 3.84. The van der Waals surface area contributed by atoms with Crippen LogP contribution in [0.3, 0.4) is 0 Å². The number of hydrogen-bond donors (Lipinski definition) is 1. The molecule has 25 heavy (non-hydrogen) atoms. The molecule has 0 bridgehead atoms. The van der Waals surface area contributed by atoms with Gasteiger partial charge >= 0.3 is 0 Å². The molecule has 0 spiro atoms. The van der Waals surface area contributed by atoms with Gasteiger partial charge < -0.3 is 10.0 Å². The highest BCUT2D eigenvalue weighted by molar-refractivity contribution is 14.1. The van der Waals surface area contributed by atoms with E-state index in [9.17, 15) is 9.90 Å². The molecule has 1 fully saturated rings. The number of likely N-dealkylation sites (tertiary alicyclic amines) is 1. The lowest BCUT2D eigenvalue weighted by molar-refractivity contribution is 0.0447. The fourth-order valence-electron chi connectivity index (χ4n) is 3.43. The lowest BCUT2D eigenvalue weighted by atomic mass is 9.90. The number of aromatic nitrogens is 2. The van der Waals surface area contributed by atoms with E-state index in [2.05, 4.69) is 32.6 Å². The normalized spacial score (nSPS) is 20.5. The molecule has 1 N–H and O–H groups in total. The van der Waals surface area contributed by atoms with Crippen LogP contribution in [0.15, 0.2) is 36.7 Å². The topological polar surface area (TPSA) is 66.3 Å². The predicted octanol–water partition coefficient (Wildman–Crippen LogP) is 3.10. The summed E-state index contributed by atoms with van der Waals surface area (Å²) in [4.78, 5) is 23.9. The van der Waals surface area contributed by atoms with Crippen LogP contribution >= 0.6 is 22.6 Å². The molecule has 1 aliphatic rings. The number of amides is 1. The molecule has 0 radical (unpaired) electrons. The van der Waals surface area contributed by atoms with Gasteiger partial charge in [0.15, 0.2) is 5.82 Å². The largest absolute Gasteiger partial charge is 0.396 e. The number of aliphatic hydroxyl groups excluding tert-OH is 1. The van der Waals surface area contributed by atoms with Gasteiger partial charge in [0, 0.05) is 47.5 Å². The number of carbonyl (C=O) groups is 1. The van der Waals surface area contributed by atoms with Crippen LogP contribution in [-0.2, 0) is 0 Å². The van der Waals surface area contributed by atoms with Gasteiger partial charge in [-0.05, 0) is 31.9 Å². The first-order valence-corrected chi connectivity index (χ1v) is 10.0. The quantitative estimate of drug-likeness (QED) is 0.573. The van der Waals surface area contributed by atoms with Crippen LogP contribution in [0.1, 0.15) is 28.8 Å². The maximum absolute atomic E-state index is 13.4. The van der Waals surface area contributed by atoms with Crippen LogP contribution in [0.4, 0.5) is 0 Å². The molecule has 0 saturated carbocycles. The van der Waals surface area contributed by atoms with Crippen molar-refractivity contribution < 1.29 is 9.90 Å². The number of alkyl halides is 1. The minimum absolute atomic E-state index is 0.00553. The first-order valence-electron chi connectivity index (χ1n) is 8.51. The zero-order valence-electron chi connectivity index (χ0n) is 14.2. The maximum atomic E-state index is 13.4. The molecule has 2 aromatic rings. The van der Waals surface area contributed by atoms with Crippen molar-refractivity contribution >= 4 is 28.5 Å². The molecule has 1 aromatic carbocycles. The first kappa shape index (κ1) is 18.3. The van der Waals surface area contributed by atoms with Gasteiger partial charge in [0.2, 0.25) is 0 Å². The summed E-state index contributed by atoms with van der Waals surface area (Å²) in [6.07, 6.45) is 5.27. The Bertz CT molecular complexity index is 739. The Labute approximate surface area is 161 Å². The Balaban J connectivity index is 2.00. The minimum atomic E-state index is 0.00553. The van der Waals surface area contributed by atoms with Crippen LogP contribution in [0, 0.1) is 12.8 Å². The smallest absolute Gasteiger partial charge is 0.254 e. The summed E-state index contributed by atoms with van der Waals surface area (Å²) in [5, 5.41) is 9.68. The van der Waals surface area contributed by atoms with E-state index in [1.165, 1.54) is 0 Å². The Morgan fingerprint density at radius 1 is 1.36 bits per heavy atom. The Morgan fingerprint density at radius 3 is 2.80 bits per heavy atom. The molecule has 0 aliphatic carbocycles. The van der Waals surface area contributed by atoms with E-state index < -0.39 is 0 Å². The summed E-state index contributed by atoms with van der Waals surface area (Å²) in [5.74, 6) is 0.717. The standard InChI is InChI=1S/C19H22IN3O2/c1-13-5-6-15(18-21-7-3-8-22-18)16(10-13)19(25)23-9-2-4-14(12-24)17(23)11-20/h3,5-8,10,14,17,24H,2,4,9,11-12H2,1H3. The van der Waals surface area contributed by atoms with Gasteiger partial charge in [-0.15, -0.1) is 0 Å². The molecular formula is C19H22IN3O2. The van der Waals surface area contributed by atoms with Crippen LogP contribution in [-0.4, -0.2) is 49.5 Å². The molecule has 5 nitrogen and oxygen atoms in total. The van der Waals surface area contributed by atoms with Crippen molar-refractivity contribution in [1.29, 1.82) is 0 Å². The van der Waals surface area contributed by atoms with Gasteiger partial charge in [-0.25, -0.2) is 9.97 Å². The Morgan fingerprint density at radius 2 is 2.12 bits per heavy atom. The molecular weight excluding hydrogens is 429 g/mol. The summed E-state index contributed by atoms with van der Waals surface area (Å²) >= 11 is 2.31. The summed E-state index contributed by atoms with van der Waals surface area (Å²) < 4.78 is 0.817. The van der Waals surface area contributed by atoms with Crippen LogP contribution in [0.25, 0.3) is 11.4 Å². The lowest BCUT2D eigenvalue weighted by Gasteiger charge is -2.40. The molecule has 1 aromatic heterocycles. The third-order valence-corrected chi connectivity index (χ3v) is 5.69. The number of piperidine rings is 1. The molecule has 6 heteroatoms. The highest BCUT2D eigenvalue weighted by Gasteiger charge is 2.34. The number of benzene rings is 1. The Kier molecular flexibility index (Phi) is 6.01. The molecule has 2 heterocycles.